The molecule has 0 bridgehead atoms. The molecular formula is C33H27N3O10S3. The van der Waals surface area contributed by atoms with Crippen LogP contribution in [0.25, 0.3) is 33.4 Å². The molecule has 5 N–H and O–H groups in total. The maximum atomic E-state index is 12.8. The molecule has 252 valence electrons. The molecule has 2 aliphatic rings. The van der Waals surface area contributed by atoms with E-state index in [-0.39, 0.29) is 44.8 Å². The maximum Gasteiger partial charge on any atom is 0.296 e. The fourth-order valence-electron chi connectivity index (χ4n) is 5.54. The summed E-state index contributed by atoms with van der Waals surface area (Å²) in [7, 11) is -13.2. The van der Waals surface area contributed by atoms with Crippen LogP contribution < -0.4 is 16.0 Å². The van der Waals surface area contributed by atoms with E-state index in [1.807, 2.05) is 31.2 Å². The SMILES string of the molecule is CNc1c(/N=c2\cc3oc4cc(Nc5ccccc5C)ccc4c(-c4ccccc4S(=O)(=O)O)c-3cc2S(=O)(=O)O)cccc1S(=O)(=O)O. The van der Waals surface area contributed by atoms with Crippen LogP contribution in [0.1, 0.15) is 5.56 Å². The molecule has 0 saturated carbocycles. The summed E-state index contributed by atoms with van der Waals surface area (Å²) in [4.78, 5) is 2.62. The molecule has 4 aromatic carbocycles. The molecule has 1 aliphatic carbocycles. The van der Waals surface area contributed by atoms with Gasteiger partial charge in [-0.05, 0) is 55.0 Å². The van der Waals surface area contributed by atoms with Crippen LogP contribution in [0.5, 0.6) is 0 Å². The molecule has 0 unspecified atom stereocenters. The van der Waals surface area contributed by atoms with Crippen LogP contribution in [0.15, 0.2) is 121 Å². The van der Waals surface area contributed by atoms with E-state index in [1.54, 1.807) is 18.2 Å². The van der Waals surface area contributed by atoms with Crippen molar-refractivity contribution in [2.75, 3.05) is 17.7 Å². The highest BCUT2D eigenvalue weighted by molar-refractivity contribution is 7.86. The third kappa shape index (κ3) is 6.65. The van der Waals surface area contributed by atoms with Crippen molar-refractivity contribution in [2.45, 2.75) is 21.6 Å². The van der Waals surface area contributed by atoms with Crippen LogP contribution in [0.2, 0.25) is 0 Å². The quantitative estimate of drug-likeness (QED) is 0.0869. The Morgan fingerprint density at radius 2 is 1.33 bits per heavy atom. The number of benzene rings is 5. The Hall–Kier alpha value is -5.10. The largest absolute Gasteiger partial charge is 0.456 e. The predicted octanol–water partition coefficient (Wildman–Crippen LogP) is 6.27. The molecule has 1 aliphatic heterocycles. The highest BCUT2D eigenvalue weighted by Crippen LogP contribution is 2.44. The van der Waals surface area contributed by atoms with E-state index in [2.05, 4.69) is 15.6 Å². The second-order valence-corrected chi connectivity index (χ2v) is 15.0. The lowest BCUT2D eigenvalue weighted by Crippen LogP contribution is -2.16. The number of nitrogens with one attached hydrogen (secondary N) is 2. The first-order valence-corrected chi connectivity index (χ1v) is 18.6. The minimum atomic E-state index is -5.04. The monoisotopic (exact) mass is 721 g/mol. The number of nitrogens with zero attached hydrogens (tertiary/aromatic N) is 1. The smallest absolute Gasteiger partial charge is 0.296 e. The van der Waals surface area contributed by atoms with Crippen molar-refractivity contribution in [2.24, 2.45) is 4.99 Å². The lowest BCUT2D eigenvalue weighted by atomic mass is 9.93. The van der Waals surface area contributed by atoms with Gasteiger partial charge in [-0.25, -0.2) is 4.99 Å². The van der Waals surface area contributed by atoms with E-state index < -0.39 is 45.0 Å². The molecule has 0 radical (unpaired) electrons. The summed E-state index contributed by atoms with van der Waals surface area (Å²) in [6.07, 6.45) is 0. The Bertz CT molecular complexity index is 2670. The van der Waals surface area contributed by atoms with Crippen LogP contribution in [0.4, 0.5) is 22.7 Å². The maximum absolute atomic E-state index is 12.8. The fourth-order valence-corrected chi connectivity index (χ4v) is 7.59. The Labute approximate surface area is 281 Å². The van der Waals surface area contributed by atoms with Gasteiger partial charge in [-0.1, -0.05) is 42.5 Å². The van der Waals surface area contributed by atoms with Crippen molar-refractivity contribution in [3.63, 3.8) is 0 Å². The van der Waals surface area contributed by atoms with E-state index >= 15 is 0 Å². The molecule has 0 amide bonds. The highest BCUT2D eigenvalue weighted by atomic mass is 32.2. The Morgan fingerprint density at radius 1 is 0.673 bits per heavy atom. The van der Waals surface area contributed by atoms with Gasteiger partial charge in [-0.2, -0.15) is 25.3 Å². The van der Waals surface area contributed by atoms with Gasteiger partial charge in [0.05, 0.1) is 16.7 Å². The molecule has 0 atom stereocenters. The zero-order valence-electron chi connectivity index (χ0n) is 25.6. The number of hydrogen-bond donors (Lipinski definition) is 5. The van der Waals surface area contributed by atoms with E-state index in [0.29, 0.717) is 11.1 Å². The molecule has 16 heteroatoms. The number of rotatable bonds is 8. The van der Waals surface area contributed by atoms with Crippen molar-refractivity contribution >= 4 is 64.1 Å². The first-order valence-electron chi connectivity index (χ1n) is 14.3. The lowest BCUT2D eigenvalue weighted by Gasteiger charge is -2.19. The number of anilines is 3. The summed E-state index contributed by atoms with van der Waals surface area (Å²) in [5, 5.41) is 5.91. The van der Waals surface area contributed by atoms with Gasteiger partial charge in [-0.3, -0.25) is 13.7 Å². The van der Waals surface area contributed by atoms with Crippen molar-refractivity contribution in [1.29, 1.82) is 0 Å². The van der Waals surface area contributed by atoms with Gasteiger partial charge in [0.25, 0.3) is 30.4 Å². The highest BCUT2D eigenvalue weighted by Gasteiger charge is 2.27. The molecular weight excluding hydrogens is 695 g/mol. The van der Waals surface area contributed by atoms with Gasteiger partial charge < -0.3 is 15.1 Å². The zero-order chi connectivity index (χ0) is 35.3. The van der Waals surface area contributed by atoms with Gasteiger partial charge >= 0.3 is 0 Å². The third-order valence-corrected chi connectivity index (χ3v) is 10.4. The summed E-state index contributed by atoms with van der Waals surface area (Å²) >= 11 is 0. The van der Waals surface area contributed by atoms with Gasteiger partial charge in [0.15, 0.2) is 0 Å². The zero-order valence-corrected chi connectivity index (χ0v) is 28.1. The van der Waals surface area contributed by atoms with Crippen LogP contribution >= 0.6 is 0 Å². The number of fused-ring (bicyclic) bond motifs is 2. The molecule has 0 spiro atoms. The molecule has 0 saturated heterocycles. The van der Waals surface area contributed by atoms with E-state index in [0.717, 1.165) is 23.4 Å². The summed E-state index contributed by atoms with van der Waals surface area (Å²) < 4.78 is 111. The van der Waals surface area contributed by atoms with Crippen molar-refractivity contribution in [3.05, 3.63) is 108 Å². The fraction of sp³-hybridized carbons (Fsp3) is 0.0606. The van der Waals surface area contributed by atoms with E-state index in [9.17, 15) is 38.9 Å². The summed E-state index contributed by atoms with van der Waals surface area (Å²) in [6, 6.07) is 24.1. The van der Waals surface area contributed by atoms with Crippen LogP contribution in [-0.2, 0) is 30.4 Å². The van der Waals surface area contributed by atoms with Gasteiger partial charge in [0, 0.05) is 52.6 Å². The Kier molecular flexibility index (Phi) is 8.56. The molecule has 6 rings (SSSR count). The summed E-state index contributed by atoms with van der Waals surface area (Å²) in [6.45, 7) is 1.93. The van der Waals surface area contributed by atoms with E-state index in [4.69, 9.17) is 4.42 Å². The molecule has 49 heavy (non-hydrogen) atoms. The lowest BCUT2D eigenvalue weighted by molar-refractivity contribution is 0.480. The Balaban J connectivity index is 1.74. The minimum Gasteiger partial charge on any atom is -0.456 e. The summed E-state index contributed by atoms with van der Waals surface area (Å²) in [5.74, 6) is -0.0104. The topological polar surface area (TPSA) is 213 Å². The van der Waals surface area contributed by atoms with Gasteiger partial charge in [0.2, 0.25) is 0 Å². The molecule has 0 fully saturated rings. The normalized spacial score (nSPS) is 12.8. The number of aryl methyl sites for hydroxylation is 1. The molecule has 1 heterocycles. The second kappa shape index (κ2) is 12.4. The Morgan fingerprint density at radius 3 is 2.00 bits per heavy atom. The first-order chi connectivity index (χ1) is 23.1. The van der Waals surface area contributed by atoms with Crippen molar-refractivity contribution in [1.82, 2.24) is 0 Å². The standard InChI is InChI=1S/C33H27N3O10S3/c1-19-8-3-5-10-24(19)35-20-14-15-21-27(16-20)46-28-18-26(36-25-11-7-13-30(33(25)34-2)48(40,41)42)31(49(43,44)45)17-23(28)32(21)22-9-4-6-12-29(22)47(37,38)39/h3-18,34-35H,1-2H3,(H,37,38,39)(H,40,41,42)(H,43,44,45)/b36-26+. The third-order valence-electron chi connectivity index (χ3n) is 7.71. The summed E-state index contributed by atoms with van der Waals surface area (Å²) in [5.41, 5.74) is 2.54. The molecule has 4 aromatic rings. The number of para-hydroxylation sites is 2. The van der Waals surface area contributed by atoms with Crippen molar-refractivity contribution < 1.29 is 43.3 Å². The molecule has 13 nitrogen and oxygen atoms in total. The average molecular weight is 722 g/mol. The molecule has 0 aromatic heterocycles. The minimum absolute atomic E-state index is 0.0104. The second-order valence-electron chi connectivity index (χ2n) is 10.9. The predicted molar refractivity (Wildman–Crippen MR) is 183 cm³/mol. The van der Waals surface area contributed by atoms with Gasteiger partial charge in [0.1, 0.15) is 26.0 Å². The van der Waals surface area contributed by atoms with Crippen LogP contribution in [0.3, 0.4) is 0 Å². The van der Waals surface area contributed by atoms with Crippen LogP contribution in [-0.4, -0.2) is 46.0 Å². The first kappa shape index (κ1) is 33.8. The van der Waals surface area contributed by atoms with Crippen molar-refractivity contribution in [3.8, 4) is 22.5 Å². The average Bonchev–Trinajstić information content (AvgIpc) is 3.03. The van der Waals surface area contributed by atoms with E-state index in [1.165, 1.54) is 49.5 Å². The number of hydrogen-bond acceptors (Lipinski definition) is 10. The van der Waals surface area contributed by atoms with Gasteiger partial charge in [-0.15, -0.1) is 0 Å². The van der Waals surface area contributed by atoms with Crippen LogP contribution in [0, 0.1) is 6.92 Å².